The normalized spacial score (nSPS) is 10.9. The molecule has 2 amide bonds. The minimum Gasteiger partial charge on any atom is -0.444 e. The van der Waals surface area contributed by atoms with Gasteiger partial charge in [0.15, 0.2) is 0 Å². The van der Waals surface area contributed by atoms with E-state index in [2.05, 4.69) is 26.2 Å². The fraction of sp³-hybridized carbons (Fsp3) is 0.316. The molecule has 0 atom stereocenters. The number of benzene rings is 1. The standard InChI is InChI=1S/C19H22BrN3O3/c1-19(2,3)26-18(25)22-9-10-23(16-7-5-4-6-8-16)17(24)14-11-15(20)13-21-12-14/h4-8,11-13H,9-10H2,1-3H3,(H,22,25). The van der Waals surface area contributed by atoms with Crippen LogP contribution < -0.4 is 10.2 Å². The maximum Gasteiger partial charge on any atom is 0.407 e. The molecule has 0 aliphatic rings. The SMILES string of the molecule is CC(C)(C)OC(=O)NCCN(C(=O)c1cncc(Br)c1)c1ccccc1. The van der Waals surface area contributed by atoms with Crippen LogP contribution in [0.3, 0.4) is 0 Å². The molecule has 138 valence electrons. The number of carbonyl (C=O) groups is 2. The smallest absolute Gasteiger partial charge is 0.407 e. The van der Waals surface area contributed by atoms with Gasteiger partial charge >= 0.3 is 6.09 Å². The number of amides is 2. The average Bonchev–Trinajstić information content (AvgIpc) is 2.57. The minimum atomic E-state index is -0.568. The molecule has 7 heteroatoms. The highest BCUT2D eigenvalue weighted by atomic mass is 79.9. The third-order valence-electron chi connectivity index (χ3n) is 3.27. The first kappa shape index (κ1) is 19.9. The predicted octanol–water partition coefficient (Wildman–Crippen LogP) is 4.02. The number of anilines is 1. The Morgan fingerprint density at radius 3 is 2.50 bits per heavy atom. The summed E-state index contributed by atoms with van der Waals surface area (Å²) in [7, 11) is 0. The molecule has 1 aromatic heterocycles. The summed E-state index contributed by atoms with van der Waals surface area (Å²) in [5.74, 6) is -0.198. The summed E-state index contributed by atoms with van der Waals surface area (Å²) in [5, 5.41) is 2.68. The Morgan fingerprint density at radius 1 is 1.19 bits per heavy atom. The summed E-state index contributed by atoms with van der Waals surface area (Å²) < 4.78 is 5.94. The number of hydrogen-bond acceptors (Lipinski definition) is 4. The number of hydrogen-bond donors (Lipinski definition) is 1. The number of carbonyl (C=O) groups excluding carboxylic acids is 2. The molecule has 2 aromatic rings. The lowest BCUT2D eigenvalue weighted by atomic mass is 10.2. The number of pyridine rings is 1. The van der Waals surface area contributed by atoms with E-state index in [1.54, 1.807) is 37.9 Å². The largest absolute Gasteiger partial charge is 0.444 e. The summed E-state index contributed by atoms with van der Waals surface area (Å²) in [6.45, 7) is 5.96. The molecule has 2 rings (SSSR count). The molecule has 0 fully saturated rings. The number of alkyl carbamates (subject to hydrolysis) is 1. The quantitative estimate of drug-likeness (QED) is 0.794. The van der Waals surface area contributed by atoms with Gasteiger partial charge in [0.05, 0.1) is 5.56 Å². The fourth-order valence-corrected chi connectivity index (χ4v) is 2.59. The number of nitrogens with one attached hydrogen (secondary N) is 1. The molecule has 0 bridgehead atoms. The van der Waals surface area contributed by atoms with Crippen LogP contribution in [0.4, 0.5) is 10.5 Å². The maximum absolute atomic E-state index is 12.9. The van der Waals surface area contributed by atoms with Crippen molar-refractivity contribution in [3.63, 3.8) is 0 Å². The summed E-state index contributed by atoms with van der Waals surface area (Å²) in [4.78, 5) is 30.4. The third-order valence-corrected chi connectivity index (χ3v) is 3.70. The first-order chi connectivity index (χ1) is 12.3. The van der Waals surface area contributed by atoms with Crippen molar-refractivity contribution < 1.29 is 14.3 Å². The first-order valence-corrected chi connectivity index (χ1v) is 9.00. The Kier molecular flexibility index (Phi) is 6.74. The minimum absolute atomic E-state index is 0.198. The van der Waals surface area contributed by atoms with E-state index in [0.717, 1.165) is 10.2 Å². The molecule has 0 saturated carbocycles. The van der Waals surface area contributed by atoms with Crippen molar-refractivity contribution in [1.29, 1.82) is 0 Å². The van der Waals surface area contributed by atoms with Crippen LogP contribution in [-0.4, -0.2) is 35.7 Å². The van der Waals surface area contributed by atoms with Crippen molar-refractivity contribution in [3.8, 4) is 0 Å². The summed E-state index contributed by atoms with van der Waals surface area (Å²) in [6, 6.07) is 11.0. The molecule has 0 spiro atoms. The van der Waals surface area contributed by atoms with Crippen LogP contribution in [0.15, 0.2) is 53.3 Å². The zero-order valence-electron chi connectivity index (χ0n) is 15.0. The highest BCUT2D eigenvalue weighted by Crippen LogP contribution is 2.18. The average molecular weight is 420 g/mol. The summed E-state index contributed by atoms with van der Waals surface area (Å²) in [5.41, 5.74) is 0.630. The molecule has 0 radical (unpaired) electrons. The van der Waals surface area contributed by atoms with Crippen LogP contribution in [0.2, 0.25) is 0 Å². The molecule has 26 heavy (non-hydrogen) atoms. The van der Waals surface area contributed by atoms with Crippen LogP contribution in [-0.2, 0) is 4.74 Å². The van der Waals surface area contributed by atoms with Crippen molar-refractivity contribution in [2.75, 3.05) is 18.0 Å². The van der Waals surface area contributed by atoms with E-state index >= 15 is 0 Å². The van der Waals surface area contributed by atoms with Crippen molar-refractivity contribution in [1.82, 2.24) is 10.3 Å². The van der Waals surface area contributed by atoms with Gasteiger partial charge in [0.1, 0.15) is 5.60 Å². The van der Waals surface area contributed by atoms with E-state index in [4.69, 9.17) is 4.74 Å². The van der Waals surface area contributed by atoms with Gasteiger partial charge < -0.3 is 15.0 Å². The van der Waals surface area contributed by atoms with Gasteiger partial charge in [0.2, 0.25) is 0 Å². The second-order valence-corrected chi connectivity index (χ2v) is 7.53. The monoisotopic (exact) mass is 419 g/mol. The van der Waals surface area contributed by atoms with Crippen molar-refractivity contribution in [2.24, 2.45) is 0 Å². The van der Waals surface area contributed by atoms with E-state index in [1.165, 1.54) is 6.20 Å². The fourth-order valence-electron chi connectivity index (χ4n) is 2.22. The molecule has 1 heterocycles. The Morgan fingerprint density at radius 2 is 1.88 bits per heavy atom. The van der Waals surface area contributed by atoms with Crippen LogP contribution >= 0.6 is 15.9 Å². The molecular formula is C19H22BrN3O3. The summed E-state index contributed by atoms with van der Waals surface area (Å²) in [6.07, 6.45) is 2.62. The van der Waals surface area contributed by atoms with Crippen LogP contribution in [0, 0.1) is 0 Å². The van der Waals surface area contributed by atoms with Crippen LogP contribution in [0.5, 0.6) is 0 Å². The van der Waals surface area contributed by atoms with Gasteiger partial charge in [-0.2, -0.15) is 0 Å². The lowest BCUT2D eigenvalue weighted by Gasteiger charge is -2.24. The lowest BCUT2D eigenvalue weighted by molar-refractivity contribution is 0.0528. The third kappa shape index (κ3) is 6.15. The number of ether oxygens (including phenoxy) is 1. The number of nitrogens with zero attached hydrogens (tertiary/aromatic N) is 2. The zero-order valence-corrected chi connectivity index (χ0v) is 16.6. The highest BCUT2D eigenvalue weighted by Gasteiger charge is 2.20. The van der Waals surface area contributed by atoms with Gasteiger partial charge in [-0.05, 0) is 54.9 Å². The Hall–Kier alpha value is -2.41. The number of para-hydroxylation sites is 1. The summed E-state index contributed by atoms with van der Waals surface area (Å²) >= 11 is 3.33. The highest BCUT2D eigenvalue weighted by molar-refractivity contribution is 9.10. The second kappa shape index (κ2) is 8.80. The molecule has 0 aliphatic heterocycles. The van der Waals surface area contributed by atoms with Crippen molar-refractivity contribution in [3.05, 3.63) is 58.8 Å². The van der Waals surface area contributed by atoms with Crippen molar-refractivity contribution in [2.45, 2.75) is 26.4 Å². The van der Waals surface area contributed by atoms with E-state index in [1.807, 2.05) is 30.3 Å². The molecule has 1 N–H and O–H groups in total. The Labute approximate surface area is 161 Å². The maximum atomic E-state index is 12.9. The zero-order chi connectivity index (χ0) is 19.2. The second-order valence-electron chi connectivity index (χ2n) is 6.61. The lowest BCUT2D eigenvalue weighted by Crippen LogP contribution is -2.40. The van der Waals surface area contributed by atoms with E-state index < -0.39 is 11.7 Å². The molecule has 0 aliphatic carbocycles. The van der Waals surface area contributed by atoms with Crippen LogP contribution in [0.1, 0.15) is 31.1 Å². The number of aromatic nitrogens is 1. The Balaban J connectivity index is 2.10. The van der Waals surface area contributed by atoms with Gasteiger partial charge in [-0.15, -0.1) is 0 Å². The molecule has 6 nitrogen and oxygen atoms in total. The first-order valence-electron chi connectivity index (χ1n) is 8.20. The van der Waals surface area contributed by atoms with Gasteiger partial charge in [0.25, 0.3) is 5.91 Å². The van der Waals surface area contributed by atoms with E-state index in [-0.39, 0.29) is 12.5 Å². The van der Waals surface area contributed by atoms with E-state index in [0.29, 0.717) is 12.1 Å². The van der Waals surface area contributed by atoms with Gasteiger partial charge in [0, 0.05) is 35.6 Å². The number of halogens is 1. The van der Waals surface area contributed by atoms with E-state index in [9.17, 15) is 9.59 Å². The van der Waals surface area contributed by atoms with Gasteiger partial charge in [-0.3, -0.25) is 9.78 Å². The van der Waals surface area contributed by atoms with Crippen LogP contribution in [0.25, 0.3) is 0 Å². The Bertz CT molecular complexity index is 760. The molecule has 0 saturated heterocycles. The van der Waals surface area contributed by atoms with Gasteiger partial charge in [-0.25, -0.2) is 4.79 Å². The molecule has 1 aromatic carbocycles. The van der Waals surface area contributed by atoms with Gasteiger partial charge in [-0.1, -0.05) is 18.2 Å². The number of rotatable bonds is 5. The molecule has 0 unspecified atom stereocenters. The predicted molar refractivity (Wildman–Crippen MR) is 104 cm³/mol. The molecular weight excluding hydrogens is 398 g/mol. The topological polar surface area (TPSA) is 71.5 Å². The van der Waals surface area contributed by atoms with Crippen molar-refractivity contribution >= 4 is 33.6 Å².